The summed E-state index contributed by atoms with van der Waals surface area (Å²) in [5.41, 5.74) is 3.06. The van der Waals surface area contributed by atoms with Crippen molar-refractivity contribution < 1.29 is 19.2 Å². The highest BCUT2D eigenvalue weighted by Crippen LogP contribution is 2.31. The smallest absolute Gasteiger partial charge is 0.315 e. The Morgan fingerprint density at radius 1 is 0.872 bits per heavy atom. The van der Waals surface area contributed by atoms with Crippen molar-refractivity contribution in [2.75, 3.05) is 5.32 Å². The van der Waals surface area contributed by atoms with Crippen molar-refractivity contribution in [3.05, 3.63) is 116 Å². The summed E-state index contributed by atoms with van der Waals surface area (Å²) in [4.78, 5) is 56.8. The first kappa shape index (κ1) is 26.1. The molecule has 3 N–H and O–H groups in total. The van der Waals surface area contributed by atoms with E-state index in [1.165, 1.54) is 0 Å². The van der Waals surface area contributed by atoms with E-state index in [1.54, 1.807) is 60.9 Å². The van der Waals surface area contributed by atoms with Gasteiger partial charge in [-0.15, -0.1) is 11.3 Å². The molecule has 3 heterocycles. The van der Waals surface area contributed by atoms with Crippen LogP contribution in [0.5, 0.6) is 0 Å². The fourth-order valence-corrected chi connectivity index (χ4v) is 5.09. The molecule has 0 fully saturated rings. The predicted octanol–water partition coefficient (Wildman–Crippen LogP) is 4.84. The monoisotopic (exact) mass is 559 g/mol. The van der Waals surface area contributed by atoms with Crippen LogP contribution >= 0.6 is 22.9 Å². The van der Waals surface area contributed by atoms with Gasteiger partial charge in [0.1, 0.15) is 0 Å². The van der Waals surface area contributed by atoms with E-state index in [2.05, 4.69) is 20.9 Å². The van der Waals surface area contributed by atoms with Crippen LogP contribution in [0.3, 0.4) is 0 Å². The Morgan fingerprint density at radius 2 is 1.62 bits per heavy atom. The zero-order chi connectivity index (χ0) is 27.4. The minimum absolute atomic E-state index is 0.0430. The number of carbonyl (C=O) groups is 4. The quantitative estimate of drug-likeness (QED) is 0.267. The maximum atomic E-state index is 13.3. The summed E-state index contributed by atoms with van der Waals surface area (Å²) in [6.45, 7) is 0.655. The van der Waals surface area contributed by atoms with Crippen molar-refractivity contribution in [3.8, 4) is 0 Å². The number of halogens is 1. The van der Waals surface area contributed by atoms with Gasteiger partial charge in [-0.05, 0) is 47.0 Å². The van der Waals surface area contributed by atoms with Gasteiger partial charge in [0.2, 0.25) is 0 Å². The lowest BCUT2D eigenvalue weighted by molar-refractivity contribution is 0.0642. The summed E-state index contributed by atoms with van der Waals surface area (Å²) in [6.07, 6.45) is 3.35. The maximum Gasteiger partial charge on any atom is 0.315 e. The third-order valence-corrected chi connectivity index (χ3v) is 7.24. The second kappa shape index (κ2) is 11.5. The molecular formula is C28H22ClN5O4S. The molecule has 0 bridgehead atoms. The lowest BCUT2D eigenvalue weighted by atomic mass is 10.1. The van der Waals surface area contributed by atoms with Gasteiger partial charge in [0.05, 0.1) is 32.6 Å². The molecule has 0 spiro atoms. The lowest BCUT2D eigenvalue weighted by Crippen LogP contribution is -2.34. The van der Waals surface area contributed by atoms with E-state index in [0.29, 0.717) is 15.8 Å². The van der Waals surface area contributed by atoms with Crippen molar-refractivity contribution in [2.45, 2.75) is 19.6 Å². The number of benzene rings is 2. The van der Waals surface area contributed by atoms with E-state index in [-0.39, 0.29) is 35.9 Å². The molecule has 5 amide bonds. The molecular weight excluding hydrogens is 538 g/mol. The molecule has 9 nitrogen and oxygen atoms in total. The van der Waals surface area contributed by atoms with E-state index < -0.39 is 17.7 Å². The first-order valence-corrected chi connectivity index (χ1v) is 13.1. The molecule has 0 atom stereocenters. The number of hydrogen-bond acceptors (Lipinski definition) is 6. The van der Waals surface area contributed by atoms with Crippen molar-refractivity contribution in [2.24, 2.45) is 0 Å². The van der Waals surface area contributed by atoms with E-state index in [0.717, 1.165) is 32.9 Å². The summed E-state index contributed by atoms with van der Waals surface area (Å²) in [7, 11) is 0. The molecule has 1 aliphatic heterocycles. The number of anilines is 1. The van der Waals surface area contributed by atoms with Gasteiger partial charge >= 0.3 is 6.03 Å². The van der Waals surface area contributed by atoms with Crippen LogP contribution in [-0.2, 0) is 19.6 Å². The van der Waals surface area contributed by atoms with Crippen molar-refractivity contribution >= 4 is 52.4 Å². The number of fused-ring (bicyclic) bond motifs is 1. The zero-order valence-corrected chi connectivity index (χ0v) is 22.0. The van der Waals surface area contributed by atoms with Crippen LogP contribution in [0.4, 0.5) is 10.5 Å². The Balaban J connectivity index is 1.23. The Labute approximate surface area is 232 Å². The molecule has 0 saturated heterocycles. The number of nitrogens with one attached hydrogen (secondary N) is 3. The van der Waals surface area contributed by atoms with E-state index in [1.807, 2.05) is 18.2 Å². The fraction of sp³-hybridized carbons (Fsp3) is 0.107. The largest absolute Gasteiger partial charge is 0.334 e. The average molecular weight is 560 g/mol. The number of carbonyl (C=O) groups excluding carboxylic acids is 4. The number of amides is 5. The van der Waals surface area contributed by atoms with Crippen LogP contribution in [0.2, 0.25) is 4.34 Å². The first-order valence-electron chi connectivity index (χ1n) is 11.9. The normalized spacial score (nSPS) is 12.3. The van der Waals surface area contributed by atoms with Crippen LogP contribution < -0.4 is 16.0 Å². The second-order valence-electron chi connectivity index (χ2n) is 8.70. The number of nitrogens with zero attached hydrogens (tertiary/aromatic N) is 2. The van der Waals surface area contributed by atoms with Gasteiger partial charge < -0.3 is 16.0 Å². The standard InChI is InChI=1S/C28H22ClN5O4S/c29-23-10-9-22(39-23)25(35)33-21-8-2-7-20-24(21)27(37)34(26(20)36)16-18-5-1-4-17(12-18)14-31-28(38)32-15-19-6-3-11-30-13-19/h1-13H,14-16H2,(H,33,35)(H2,31,32,38). The highest BCUT2D eigenvalue weighted by molar-refractivity contribution is 7.18. The van der Waals surface area contributed by atoms with E-state index in [9.17, 15) is 19.2 Å². The van der Waals surface area contributed by atoms with Crippen LogP contribution in [0, 0.1) is 0 Å². The van der Waals surface area contributed by atoms with Crippen molar-refractivity contribution in [3.63, 3.8) is 0 Å². The summed E-state index contributed by atoms with van der Waals surface area (Å²) in [6, 6.07) is 18.6. The van der Waals surface area contributed by atoms with Gasteiger partial charge in [-0.2, -0.15) is 0 Å². The molecule has 0 radical (unpaired) electrons. The Kier molecular flexibility index (Phi) is 7.67. The van der Waals surface area contributed by atoms with E-state index >= 15 is 0 Å². The van der Waals surface area contributed by atoms with Crippen LogP contribution in [0.1, 0.15) is 47.1 Å². The van der Waals surface area contributed by atoms with Crippen molar-refractivity contribution in [1.82, 2.24) is 20.5 Å². The van der Waals surface area contributed by atoms with Gasteiger partial charge in [-0.25, -0.2) is 4.79 Å². The number of urea groups is 1. The maximum absolute atomic E-state index is 13.3. The average Bonchev–Trinajstić information content (AvgIpc) is 3.49. The molecule has 5 rings (SSSR count). The fourth-order valence-electron chi connectivity index (χ4n) is 4.15. The minimum Gasteiger partial charge on any atom is -0.334 e. The molecule has 39 heavy (non-hydrogen) atoms. The number of thiophene rings is 1. The number of pyridine rings is 1. The molecule has 2 aromatic heterocycles. The summed E-state index contributed by atoms with van der Waals surface area (Å²) in [5.74, 6) is -1.35. The summed E-state index contributed by atoms with van der Waals surface area (Å²) in [5, 5.41) is 8.30. The molecule has 196 valence electrons. The molecule has 1 aliphatic rings. The van der Waals surface area contributed by atoms with Gasteiger partial charge in [0.25, 0.3) is 17.7 Å². The number of imide groups is 1. The van der Waals surface area contributed by atoms with Crippen LogP contribution in [0.25, 0.3) is 0 Å². The van der Waals surface area contributed by atoms with Crippen LogP contribution in [0.15, 0.2) is 79.1 Å². The third-order valence-electron chi connectivity index (χ3n) is 6.01. The van der Waals surface area contributed by atoms with Gasteiger partial charge in [0.15, 0.2) is 0 Å². The third kappa shape index (κ3) is 5.97. The number of rotatable bonds is 8. The van der Waals surface area contributed by atoms with Gasteiger partial charge in [0, 0.05) is 25.5 Å². The molecule has 0 saturated carbocycles. The molecule has 4 aromatic rings. The van der Waals surface area contributed by atoms with Crippen molar-refractivity contribution in [1.29, 1.82) is 0 Å². The van der Waals surface area contributed by atoms with E-state index in [4.69, 9.17) is 11.6 Å². The SMILES string of the molecule is O=C(NCc1cccnc1)NCc1cccc(CN2C(=O)c3cccc(NC(=O)c4ccc(Cl)s4)c3C2=O)c1. The topological polar surface area (TPSA) is 120 Å². The van der Waals surface area contributed by atoms with Gasteiger partial charge in [-0.1, -0.05) is 48.0 Å². The second-order valence-corrected chi connectivity index (χ2v) is 10.4. The predicted molar refractivity (Wildman–Crippen MR) is 148 cm³/mol. The summed E-state index contributed by atoms with van der Waals surface area (Å²) < 4.78 is 0.471. The van der Waals surface area contributed by atoms with Gasteiger partial charge in [-0.3, -0.25) is 24.3 Å². The molecule has 2 aromatic carbocycles. The molecule has 0 unspecified atom stereocenters. The molecule has 0 aliphatic carbocycles. The lowest BCUT2D eigenvalue weighted by Gasteiger charge is -2.15. The zero-order valence-electron chi connectivity index (χ0n) is 20.4. The highest BCUT2D eigenvalue weighted by atomic mass is 35.5. The van der Waals surface area contributed by atoms with Crippen LogP contribution in [-0.4, -0.2) is 33.6 Å². The Morgan fingerprint density at radius 3 is 2.36 bits per heavy atom. The number of aromatic nitrogens is 1. The Bertz CT molecular complexity index is 1570. The summed E-state index contributed by atoms with van der Waals surface area (Å²) >= 11 is 7.05. The molecule has 11 heteroatoms. The number of hydrogen-bond donors (Lipinski definition) is 3. The highest BCUT2D eigenvalue weighted by Gasteiger charge is 2.37. The minimum atomic E-state index is -0.492. The first-order chi connectivity index (χ1) is 18.9. The Hall–Kier alpha value is -4.54.